The van der Waals surface area contributed by atoms with Gasteiger partial charge in [0, 0.05) is 22.2 Å². The van der Waals surface area contributed by atoms with Gasteiger partial charge in [-0.15, -0.1) is 0 Å². The molecular weight excluding hydrogens is 327 g/mol. The number of fused-ring (bicyclic) bond motifs is 2. The Kier molecular flexibility index (Phi) is 2.39. The van der Waals surface area contributed by atoms with Gasteiger partial charge in [-0.3, -0.25) is 4.79 Å². The van der Waals surface area contributed by atoms with E-state index in [1.54, 1.807) is 12.3 Å². The molecule has 0 bridgehead atoms. The first kappa shape index (κ1) is 10.7. The molecule has 4 heteroatoms. The van der Waals surface area contributed by atoms with Crippen molar-refractivity contribution < 1.29 is 0 Å². The van der Waals surface area contributed by atoms with Crippen LogP contribution in [0.3, 0.4) is 0 Å². The molecule has 3 aromatic rings. The van der Waals surface area contributed by atoms with Crippen LogP contribution in [0, 0.1) is 3.57 Å². The first-order valence-electron chi connectivity index (χ1n) is 5.21. The van der Waals surface area contributed by atoms with E-state index >= 15 is 0 Å². The van der Waals surface area contributed by atoms with Crippen LogP contribution < -0.4 is 5.43 Å². The Balaban J connectivity index is 2.68. The van der Waals surface area contributed by atoms with Gasteiger partial charge in [0.1, 0.15) is 5.65 Å². The van der Waals surface area contributed by atoms with Gasteiger partial charge >= 0.3 is 0 Å². The zero-order valence-electron chi connectivity index (χ0n) is 9.14. The van der Waals surface area contributed by atoms with Crippen LogP contribution >= 0.6 is 22.6 Å². The average Bonchev–Trinajstić information content (AvgIpc) is 2.36. The maximum absolute atomic E-state index is 12.3. The summed E-state index contributed by atoms with van der Waals surface area (Å²) in [6.45, 7) is 0. The molecule has 1 aromatic carbocycles. The van der Waals surface area contributed by atoms with E-state index in [0.717, 1.165) is 20.1 Å². The third-order valence-corrected chi connectivity index (χ3v) is 3.58. The lowest BCUT2D eigenvalue weighted by Crippen LogP contribution is -2.10. The zero-order valence-corrected chi connectivity index (χ0v) is 11.3. The second-order valence-electron chi connectivity index (χ2n) is 3.92. The summed E-state index contributed by atoms with van der Waals surface area (Å²) in [5, 5.41) is 1.42. The summed E-state index contributed by atoms with van der Waals surface area (Å²) in [5.74, 6) is 0. The van der Waals surface area contributed by atoms with E-state index in [2.05, 4.69) is 27.6 Å². The molecule has 0 atom stereocenters. The highest BCUT2D eigenvalue weighted by molar-refractivity contribution is 14.1. The number of nitrogens with zero attached hydrogens (tertiary/aromatic N) is 2. The van der Waals surface area contributed by atoms with E-state index in [9.17, 15) is 4.79 Å². The van der Waals surface area contributed by atoms with Gasteiger partial charge in [-0.05, 0) is 52.9 Å². The topological polar surface area (TPSA) is 34.9 Å². The van der Waals surface area contributed by atoms with Crippen LogP contribution in [-0.4, -0.2) is 9.55 Å². The van der Waals surface area contributed by atoms with E-state index in [0.29, 0.717) is 5.39 Å². The predicted molar refractivity (Wildman–Crippen MR) is 77.2 cm³/mol. The Bertz CT molecular complexity index is 792. The number of aryl methyl sites for hydroxylation is 1. The largest absolute Gasteiger partial charge is 0.328 e. The lowest BCUT2D eigenvalue weighted by atomic mass is 10.1. The van der Waals surface area contributed by atoms with Crippen molar-refractivity contribution in [1.29, 1.82) is 0 Å². The number of rotatable bonds is 0. The maximum Gasteiger partial charge on any atom is 0.198 e. The van der Waals surface area contributed by atoms with Gasteiger partial charge in [-0.2, -0.15) is 0 Å². The molecule has 0 aliphatic rings. The van der Waals surface area contributed by atoms with Crippen molar-refractivity contribution in [3.63, 3.8) is 0 Å². The second-order valence-corrected chi connectivity index (χ2v) is 5.17. The van der Waals surface area contributed by atoms with Gasteiger partial charge in [0.15, 0.2) is 5.43 Å². The molecule has 17 heavy (non-hydrogen) atoms. The molecule has 0 radical (unpaired) electrons. The number of hydrogen-bond donors (Lipinski definition) is 0. The minimum absolute atomic E-state index is 0.0553. The van der Waals surface area contributed by atoms with Gasteiger partial charge in [0.2, 0.25) is 0 Å². The smallest absolute Gasteiger partial charge is 0.198 e. The average molecular weight is 336 g/mol. The molecule has 2 heterocycles. The van der Waals surface area contributed by atoms with Crippen LogP contribution in [0.4, 0.5) is 0 Å². The fourth-order valence-corrected chi connectivity index (χ4v) is 2.57. The van der Waals surface area contributed by atoms with Crippen LogP contribution in [0.25, 0.3) is 21.9 Å². The van der Waals surface area contributed by atoms with Crippen LogP contribution in [0.1, 0.15) is 0 Å². The minimum atomic E-state index is 0.0553. The third-order valence-electron chi connectivity index (χ3n) is 2.91. The first-order chi connectivity index (χ1) is 8.18. The standard InChI is InChI=1S/C13H9IN2O/c1-16-11-5-4-8(14)7-10(11)12(17)9-3-2-6-15-13(9)16/h2-7H,1H3. The van der Waals surface area contributed by atoms with E-state index in [4.69, 9.17) is 0 Å². The molecular formula is C13H9IN2O. The predicted octanol–water partition coefficient (Wildman–Crippen LogP) is 2.69. The SMILES string of the molecule is Cn1c2ccc(I)cc2c(=O)c2cccnc21. The molecule has 0 amide bonds. The number of pyridine rings is 2. The molecule has 0 aliphatic heterocycles. The molecule has 0 saturated heterocycles. The number of benzene rings is 1. The zero-order chi connectivity index (χ0) is 12.0. The fraction of sp³-hybridized carbons (Fsp3) is 0.0769. The van der Waals surface area contributed by atoms with Crippen molar-refractivity contribution in [2.75, 3.05) is 0 Å². The van der Waals surface area contributed by atoms with Gasteiger partial charge in [-0.25, -0.2) is 4.98 Å². The summed E-state index contributed by atoms with van der Waals surface area (Å²) in [5.41, 5.74) is 1.70. The summed E-state index contributed by atoms with van der Waals surface area (Å²) in [4.78, 5) is 16.6. The summed E-state index contributed by atoms with van der Waals surface area (Å²) >= 11 is 2.22. The molecule has 84 valence electrons. The highest BCUT2D eigenvalue weighted by atomic mass is 127. The molecule has 0 spiro atoms. The molecule has 0 unspecified atom stereocenters. The molecule has 0 N–H and O–H groups in total. The van der Waals surface area contributed by atoms with E-state index in [1.165, 1.54) is 0 Å². The van der Waals surface area contributed by atoms with Crippen molar-refractivity contribution in [1.82, 2.24) is 9.55 Å². The van der Waals surface area contributed by atoms with Crippen molar-refractivity contribution in [3.8, 4) is 0 Å². The summed E-state index contributed by atoms with van der Waals surface area (Å²) in [7, 11) is 1.93. The van der Waals surface area contributed by atoms with Gasteiger partial charge < -0.3 is 4.57 Å². The lowest BCUT2D eigenvalue weighted by molar-refractivity contribution is 0.976. The Morgan fingerprint density at radius 2 is 2.06 bits per heavy atom. The summed E-state index contributed by atoms with van der Waals surface area (Å²) < 4.78 is 3.03. The first-order valence-corrected chi connectivity index (χ1v) is 6.29. The highest BCUT2D eigenvalue weighted by Gasteiger charge is 2.08. The van der Waals surface area contributed by atoms with E-state index < -0.39 is 0 Å². The third kappa shape index (κ3) is 1.55. The molecule has 3 rings (SSSR count). The van der Waals surface area contributed by atoms with Crippen molar-refractivity contribution >= 4 is 44.5 Å². The molecule has 2 aromatic heterocycles. The van der Waals surface area contributed by atoms with Gasteiger partial charge in [-0.1, -0.05) is 0 Å². The quantitative estimate of drug-likeness (QED) is 0.467. The fourth-order valence-electron chi connectivity index (χ4n) is 2.08. The Labute approximate surface area is 111 Å². The summed E-state index contributed by atoms with van der Waals surface area (Å²) in [6, 6.07) is 9.50. The summed E-state index contributed by atoms with van der Waals surface area (Å²) in [6.07, 6.45) is 1.71. The van der Waals surface area contributed by atoms with Crippen LogP contribution in [0.5, 0.6) is 0 Å². The van der Waals surface area contributed by atoms with Gasteiger partial charge in [0.25, 0.3) is 0 Å². The van der Waals surface area contributed by atoms with E-state index in [-0.39, 0.29) is 5.43 Å². The highest BCUT2D eigenvalue weighted by Crippen LogP contribution is 2.18. The monoisotopic (exact) mass is 336 g/mol. The second kappa shape index (κ2) is 3.80. The maximum atomic E-state index is 12.3. The lowest BCUT2D eigenvalue weighted by Gasteiger charge is -2.09. The van der Waals surface area contributed by atoms with Crippen LogP contribution in [0.15, 0.2) is 41.3 Å². The molecule has 3 nitrogen and oxygen atoms in total. The van der Waals surface area contributed by atoms with E-state index in [1.807, 2.05) is 35.9 Å². The Hall–Kier alpha value is -1.43. The minimum Gasteiger partial charge on any atom is -0.328 e. The number of aromatic nitrogens is 2. The van der Waals surface area contributed by atoms with Crippen molar-refractivity contribution in [2.45, 2.75) is 0 Å². The van der Waals surface area contributed by atoms with Crippen LogP contribution in [-0.2, 0) is 7.05 Å². The van der Waals surface area contributed by atoms with Crippen molar-refractivity contribution in [2.24, 2.45) is 7.05 Å². The Morgan fingerprint density at radius 3 is 2.88 bits per heavy atom. The normalized spacial score (nSPS) is 11.2. The van der Waals surface area contributed by atoms with Crippen LogP contribution in [0.2, 0.25) is 0 Å². The Morgan fingerprint density at radius 1 is 1.24 bits per heavy atom. The van der Waals surface area contributed by atoms with Crippen molar-refractivity contribution in [3.05, 3.63) is 50.3 Å². The molecule has 0 saturated carbocycles. The van der Waals surface area contributed by atoms with Gasteiger partial charge in [0.05, 0.1) is 10.9 Å². The molecule has 0 aliphatic carbocycles. The number of halogens is 1. The molecule has 0 fully saturated rings. The number of hydrogen-bond acceptors (Lipinski definition) is 2.